The Labute approximate surface area is 95.9 Å². The number of hydrogen-bond donors (Lipinski definition) is 0. The van der Waals surface area contributed by atoms with Crippen molar-refractivity contribution < 1.29 is 4.42 Å². The number of aryl methyl sites for hydroxylation is 1. The van der Waals surface area contributed by atoms with Gasteiger partial charge in [-0.25, -0.2) is 4.98 Å². The third kappa shape index (κ3) is 2.04. The quantitative estimate of drug-likeness (QED) is 0.767. The van der Waals surface area contributed by atoms with Gasteiger partial charge in [0.25, 0.3) is 0 Å². The van der Waals surface area contributed by atoms with Crippen molar-refractivity contribution in [3.63, 3.8) is 0 Å². The molecule has 0 atom stereocenters. The SMILES string of the molecule is Cc1nc(C#N)c(N(C)C2CCCCC2)o1. The standard InChI is InChI=1S/C12H17N3O/c1-9-14-11(8-13)12(16-9)15(2)10-6-4-3-5-7-10/h10H,3-7H2,1-2H3. The maximum absolute atomic E-state index is 8.98. The topological polar surface area (TPSA) is 53.1 Å². The normalized spacial score (nSPS) is 17.1. The summed E-state index contributed by atoms with van der Waals surface area (Å²) >= 11 is 0. The summed E-state index contributed by atoms with van der Waals surface area (Å²) in [5.41, 5.74) is 0.408. The van der Waals surface area contributed by atoms with Gasteiger partial charge in [0.15, 0.2) is 5.89 Å². The minimum atomic E-state index is 0.408. The zero-order chi connectivity index (χ0) is 11.5. The van der Waals surface area contributed by atoms with Gasteiger partial charge in [-0.1, -0.05) is 19.3 Å². The maximum atomic E-state index is 8.98. The van der Waals surface area contributed by atoms with Gasteiger partial charge in [-0.3, -0.25) is 0 Å². The van der Waals surface area contributed by atoms with Crippen molar-refractivity contribution in [2.24, 2.45) is 0 Å². The second-order valence-electron chi connectivity index (χ2n) is 4.40. The molecular formula is C12H17N3O. The molecule has 0 radical (unpaired) electrons. The Morgan fingerprint density at radius 1 is 1.38 bits per heavy atom. The van der Waals surface area contributed by atoms with Crippen molar-refractivity contribution in [2.45, 2.75) is 45.1 Å². The van der Waals surface area contributed by atoms with Crippen LogP contribution >= 0.6 is 0 Å². The highest BCUT2D eigenvalue weighted by atomic mass is 16.4. The van der Waals surface area contributed by atoms with Gasteiger partial charge in [-0.05, 0) is 12.8 Å². The Bertz CT molecular complexity index is 399. The molecule has 16 heavy (non-hydrogen) atoms. The van der Waals surface area contributed by atoms with Gasteiger partial charge in [0.1, 0.15) is 6.07 Å². The molecule has 0 aliphatic heterocycles. The smallest absolute Gasteiger partial charge is 0.234 e. The van der Waals surface area contributed by atoms with E-state index in [1.165, 1.54) is 32.1 Å². The fourth-order valence-electron chi connectivity index (χ4n) is 2.36. The van der Waals surface area contributed by atoms with Crippen molar-refractivity contribution in [1.29, 1.82) is 5.26 Å². The second-order valence-corrected chi connectivity index (χ2v) is 4.40. The summed E-state index contributed by atoms with van der Waals surface area (Å²) in [5.74, 6) is 1.20. The fourth-order valence-corrected chi connectivity index (χ4v) is 2.36. The summed E-state index contributed by atoms with van der Waals surface area (Å²) < 4.78 is 5.51. The van der Waals surface area contributed by atoms with Crippen molar-refractivity contribution >= 4 is 5.88 Å². The lowest BCUT2D eigenvalue weighted by Crippen LogP contribution is -2.33. The maximum Gasteiger partial charge on any atom is 0.234 e. The summed E-state index contributed by atoms with van der Waals surface area (Å²) in [4.78, 5) is 6.16. The molecule has 1 heterocycles. The molecule has 1 fully saturated rings. The van der Waals surface area contributed by atoms with E-state index in [0.717, 1.165) is 0 Å². The van der Waals surface area contributed by atoms with Crippen LogP contribution < -0.4 is 4.90 Å². The van der Waals surface area contributed by atoms with E-state index in [-0.39, 0.29) is 0 Å². The number of aromatic nitrogens is 1. The Hall–Kier alpha value is -1.50. The average molecular weight is 219 g/mol. The van der Waals surface area contributed by atoms with Gasteiger partial charge in [0, 0.05) is 20.0 Å². The van der Waals surface area contributed by atoms with Gasteiger partial charge in [0.05, 0.1) is 0 Å². The van der Waals surface area contributed by atoms with E-state index < -0.39 is 0 Å². The van der Waals surface area contributed by atoms with Crippen LogP contribution in [0.15, 0.2) is 4.42 Å². The Kier molecular flexibility index (Phi) is 3.14. The molecule has 0 bridgehead atoms. The molecular weight excluding hydrogens is 202 g/mol. The minimum absolute atomic E-state index is 0.408. The Balaban J connectivity index is 2.19. The minimum Gasteiger partial charge on any atom is -0.424 e. The molecule has 0 saturated heterocycles. The molecule has 2 rings (SSSR count). The summed E-state index contributed by atoms with van der Waals surface area (Å²) in [6.07, 6.45) is 6.22. The highest BCUT2D eigenvalue weighted by molar-refractivity contribution is 5.48. The molecule has 4 nitrogen and oxygen atoms in total. The average Bonchev–Trinajstić information content (AvgIpc) is 2.70. The zero-order valence-corrected chi connectivity index (χ0v) is 9.86. The van der Waals surface area contributed by atoms with Crippen molar-refractivity contribution in [2.75, 3.05) is 11.9 Å². The highest BCUT2D eigenvalue weighted by Crippen LogP contribution is 2.28. The molecule has 0 amide bonds. The zero-order valence-electron chi connectivity index (χ0n) is 9.86. The van der Waals surface area contributed by atoms with Crippen LogP contribution in [0.2, 0.25) is 0 Å². The van der Waals surface area contributed by atoms with E-state index in [1.807, 2.05) is 7.05 Å². The largest absolute Gasteiger partial charge is 0.424 e. The van der Waals surface area contributed by atoms with Crippen LogP contribution in [0.25, 0.3) is 0 Å². The van der Waals surface area contributed by atoms with E-state index in [0.29, 0.717) is 23.5 Å². The van der Waals surface area contributed by atoms with Crippen LogP contribution in [0.5, 0.6) is 0 Å². The first-order valence-corrected chi connectivity index (χ1v) is 5.82. The van der Waals surface area contributed by atoms with Crippen LogP contribution in [0.3, 0.4) is 0 Å². The van der Waals surface area contributed by atoms with Gasteiger partial charge in [0.2, 0.25) is 11.6 Å². The number of nitrogens with zero attached hydrogens (tertiary/aromatic N) is 3. The highest BCUT2D eigenvalue weighted by Gasteiger charge is 2.23. The molecule has 0 N–H and O–H groups in total. The summed E-state index contributed by atoms with van der Waals surface area (Å²) in [5, 5.41) is 8.98. The predicted molar refractivity (Wildman–Crippen MR) is 61.2 cm³/mol. The number of oxazole rings is 1. The lowest BCUT2D eigenvalue weighted by molar-refractivity contribution is 0.405. The lowest BCUT2D eigenvalue weighted by Gasteiger charge is -2.30. The number of rotatable bonds is 2. The molecule has 0 unspecified atom stereocenters. The van der Waals surface area contributed by atoms with E-state index in [2.05, 4.69) is 16.0 Å². The van der Waals surface area contributed by atoms with Crippen LogP contribution in [0, 0.1) is 18.3 Å². The number of nitriles is 1. The summed E-state index contributed by atoms with van der Waals surface area (Å²) in [7, 11) is 2.00. The summed E-state index contributed by atoms with van der Waals surface area (Å²) in [6, 6.07) is 2.58. The van der Waals surface area contributed by atoms with E-state index in [1.54, 1.807) is 6.92 Å². The molecule has 1 aliphatic carbocycles. The molecule has 1 saturated carbocycles. The van der Waals surface area contributed by atoms with E-state index >= 15 is 0 Å². The number of anilines is 1. The van der Waals surface area contributed by atoms with Gasteiger partial charge in [-0.2, -0.15) is 5.26 Å². The first-order valence-electron chi connectivity index (χ1n) is 5.82. The third-order valence-corrected chi connectivity index (χ3v) is 3.26. The Morgan fingerprint density at radius 2 is 2.06 bits per heavy atom. The van der Waals surface area contributed by atoms with E-state index in [4.69, 9.17) is 9.68 Å². The van der Waals surface area contributed by atoms with E-state index in [9.17, 15) is 0 Å². The Morgan fingerprint density at radius 3 is 2.69 bits per heavy atom. The fraction of sp³-hybridized carbons (Fsp3) is 0.667. The van der Waals surface area contributed by atoms with Crippen molar-refractivity contribution in [1.82, 2.24) is 4.98 Å². The second kappa shape index (κ2) is 4.56. The summed E-state index contributed by atoms with van der Waals surface area (Å²) in [6.45, 7) is 1.78. The van der Waals surface area contributed by atoms with Crippen LogP contribution in [-0.2, 0) is 0 Å². The van der Waals surface area contributed by atoms with Crippen molar-refractivity contribution in [3.05, 3.63) is 11.6 Å². The van der Waals surface area contributed by atoms with Gasteiger partial charge >= 0.3 is 0 Å². The lowest BCUT2D eigenvalue weighted by atomic mass is 9.94. The third-order valence-electron chi connectivity index (χ3n) is 3.26. The first kappa shape index (κ1) is 11.0. The van der Waals surface area contributed by atoms with Gasteiger partial charge < -0.3 is 9.32 Å². The molecule has 1 aromatic rings. The van der Waals surface area contributed by atoms with Crippen LogP contribution in [0.1, 0.15) is 43.7 Å². The monoisotopic (exact) mass is 219 g/mol. The molecule has 4 heteroatoms. The molecule has 1 aliphatic rings. The van der Waals surface area contributed by atoms with Crippen LogP contribution in [-0.4, -0.2) is 18.1 Å². The molecule has 86 valence electrons. The van der Waals surface area contributed by atoms with Gasteiger partial charge in [-0.15, -0.1) is 0 Å². The molecule has 0 aromatic carbocycles. The predicted octanol–water partition coefficient (Wildman–Crippen LogP) is 2.62. The molecule has 0 spiro atoms. The number of hydrogen-bond acceptors (Lipinski definition) is 4. The van der Waals surface area contributed by atoms with Crippen molar-refractivity contribution in [3.8, 4) is 6.07 Å². The van der Waals surface area contributed by atoms with Crippen LogP contribution in [0.4, 0.5) is 5.88 Å². The molecule has 1 aromatic heterocycles. The first-order chi connectivity index (χ1) is 7.72.